The maximum atomic E-state index is 12.6. The van der Waals surface area contributed by atoms with Crippen LogP contribution in [0.1, 0.15) is 12.0 Å². The molecule has 2 saturated heterocycles. The van der Waals surface area contributed by atoms with Gasteiger partial charge >= 0.3 is 0 Å². The largest absolute Gasteiger partial charge is 0.495 e. The van der Waals surface area contributed by atoms with E-state index in [1.807, 2.05) is 9.80 Å². The molecule has 2 amide bonds. The standard InChI is InChI=1S/C19H22Cl2N2O3/c1-3-18(24)22-8-13-10-23(11-14(13)9-22)19(25)5-4-12-6-17(26-2)16(21)7-15(12)20/h3,6-7,13-14H,1,4-5,8-11H2,2H3. The summed E-state index contributed by atoms with van der Waals surface area (Å²) in [6.07, 6.45) is 2.28. The van der Waals surface area contributed by atoms with Crippen molar-refractivity contribution in [2.24, 2.45) is 11.8 Å². The number of methoxy groups -OCH3 is 1. The predicted molar refractivity (Wildman–Crippen MR) is 102 cm³/mol. The molecule has 140 valence electrons. The summed E-state index contributed by atoms with van der Waals surface area (Å²) in [5.74, 6) is 1.37. The smallest absolute Gasteiger partial charge is 0.245 e. The highest BCUT2D eigenvalue weighted by Gasteiger charge is 2.42. The van der Waals surface area contributed by atoms with E-state index < -0.39 is 0 Å². The second kappa shape index (κ2) is 7.89. The fraction of sp³-hybridized carbons (Fsp3) is 0.474. The molecule has 2 unspecified atom stereocenters. The molecule has 0 N–H and O–H groups in total. The number of nitrogens with zero attached hydrogens (tertiary/aromatic N) is 2. The average Bonchev–Trinajstić information content (AvgIpc) is 3.19. The molecule has 26 heavy (non-hydrogen) atoms. The van der Waals surface area contributed by atoms with Crippen LogP contribution >= 0.6 is 23.2 Å². The summed E-state index contributed by atoms with van der Waals surface area (Å²) < 4.78 is 5.21. The quantitative estimate of drug-likeness (QED) is 0.718. The first-order chi connectivity index (χ1) is 12.4. The Hall–Kier alpha value is -1.72. The van der Waals surface area contributed by atoms with Gasteiger partial charge in [0.05, 0.1) is 12.1 Å². The van der Waals surface area contributed by atoms with Crippen molar-refractivity contribution in [3.63, 3.8) is 0 Å². The zero-order chi connectivity index (χ0) is 18.8. The van der Waals surface area contributed by atoms with Crippen molar-refractivity contribution in [1.29, 1.82) is 0 Å². The van der Waals surface area contributed by atoms with E-state index in [1.165, 1.54) is 6.08 Å². The molecular formula is C19H22Cl2N2O3. The van der Waals surface area contributed by atoms with Gasteiger partial charge in [-0.1, -0.05) is 29.8 Å². The van der Waals surface area contributed by atoms with Gasteiger partial charge in [0.15, 0.2) is 0 Å². The Labute approximate surface area is 163 Å². The zero-order valence-electron chi connectivity index (χ0n) is 14.7. The minimum atomic E-state index is -0.0244. The molecule has 2 fully saturated rings. The highest BCUT2D eigenvalue weighted by molar-refractivity contribution is 6.36. The van der Waals surface area contributed by atoms with E-state index in [9.17, 15) is 9.59 Å². The van der Waals surface area contributed by atoms with Gasteiger partial charge in [0.25, 0.3) is 0 Å². The molecular weight excluding hydrogens is 375 g/mol. The number of benzene rings is 1. The summed E-state index contributed by atoms with van der Waals surface area (Å²) in [5.41, 5.74) is 0.850. The lowest BCUT2D eigenvalue weighted by Crippen LogP contribution is -2.35. The lowest BCUT2D eigenvalue weighted by molar-refractivity contribution is -0.130. The number of carbonyl (C=O) groups is 2. The minimum Gasteiger partial charge on any atom is -0.495 e. The van der Waals surface area contributed by atoms with Gasteiger partial charge in [0, 0.05) is 49.5 Å². The summed E-state index contributed by atoms with van der Waals surface area (Å²) >= 11 is 12.3. The number of amides is 2. The first kappa shape index (κ1) is 19.1. The third-order valence-electron chi connectivity index (χ3n) is 5.25. The molecule has 2 aliphatic rings. The second-order valence-electron chi connectivity index (χ2n) is 6.84. The summed E-state index contributed by atoms with van der Waals surface area (Å²) in [5, 5.41) is 0.999. The molecule has 3 rings (SSSR count). The first-order valence-corrected chi connectivity index (χ1v) is 9.39. The molecule has 2 atom stereocenters. The van der Waals surface area contributed by atoms with Crippen LogP contribution in [0.2, 0.25) is 10.0 Å². The molecule has 0 aliphatic carbocycles. The Bertz CT molecular complexity index is 724. The second-order valence-corrected chi connectivity index (χ2v) is 7.66. The van der Waals surface area contributed by atoms with E-state index in [0.29, 0.717) is 66.7 Å². The van der Waals surface area contributed by atoms with Gasteiger partial charge in [-0.05, 0) is 30.2 Å². The van der Waals surface area contributed by atoms with Gasteiger partial charge in [0.2, 0.25) is 11.8 Å². The predicted octanol–water partition coefficient (Wildman–Crippen LogP) is 3.04. The monoisotopic (exact) mass is 396 g/mol. The summed E-state index contributed by atoms with van der Waals surface area (Å²) in [4.78, 5) is 28.0. The molecule has 1 aromatic carbocycles. The van der Waals surface area contributed by atoms with E-state index in [-0.39, 0.29) is 11.8 Å². The normalized spacial score (nSPS) is 21.7. The van der Waals surface area contributed by atoms with Crippen LogP contribution < -0.4 is 4.74 Å². The Morgan fingerprint density at radius 3 is 2.35 bits per heavy atom. The van der Waals surface area contributed by atoms with Gasteiger partial charge < -0.3 is 14.5 Å². The number of rotatable bonds is 5. The van der Waals surface area contributed by atoms with Crippen molar-refractivity contribution in [3.05, 3.63) is 40.4 Å². The first-order valence-electron chi connectivity index (χ1n) is 8.64. The van der Waals surface area contributed by atoms with Gasteiger partial charge in [0.1, 0.15) is 5.75 Å². The van der Waals surface area contributed by atoms with Crippen molar-refractivity contribution in [1.82, 2.24) is 9.80 Å². The van der Waals surface area contributed by atoms with E-state index in [1.54, 1.807) is 19.2 Å². The van der Waals surface area contributed by atoms with E-state index in [2.05, 4.69) is 6.58 Å². The Balaban J connectivity index is 1.55. The molecule has 5 nitrogen and oxygen atoms in total. The van der Waals surface area contributed by atoms with Crippen molar-refractivity contribution in [2.45, 2.75) is 12.8 Å². The fourth-order valence-electron chi connectivity index (χ4n) is 3.82. The Morgan fingerprint density at radius 2 is 1.77 bits per heavy atom. The molecule has 2 aliphatic heterocycles. The topological polar surface area (TPSA) is 49.9 Å². The lowest BCUT2D eigenvalue weighted by atomic mass is 10.0. The Morgan fingerprint density at radius 1 is 1.15 bits per heavy atom. The maximum absolute atomic E-state index is 12.6. The number of hydrogen-bond donors (Lipinski definition) is 0. The highest BCUT2D eigenvalue weighted by Crippen LogP contribution is 2.33. The number of hydrogen-bond acceptors (Lipinski definition) is 3. The molecule has 2 heterocycles. The van der Waals surface area contributed by atoms with Crippen molar-refractivity contribution < 1.29 is 14.3 Å². The fourth-order valence-corrected chi connectivity index (χ4v) is 4.38. The van der Waals surface area contributed by atoms with Crippen LogP contribution in [0.4, 0.5) is 0 Å². The number of likely N-dealkylation sites (tertiary alicyclic amines) is 2. The third kappa shape index (κ3) is 3.84. The SMILES string of the molecule is C=CC(=O)N1CC2CN(C(=O)CCc3cc(OC)c(Cl)cc3Cl)CC2C1. The van der Waals surface area contributed by atoms with Gasteiger partial charge in [-0.15, -0.1) is 0 Å². The number of aryl methyl sites for hydroxylation is 1. The summed E-state index contributed by atoms with van der Waals surface area (Å²) in [6, 6.07) is 3.43. The van der Waals surface area contributed by atoms with E-state index >= 15 is 0 Å². The van der Waals surface area contributed by atoms with E-state index in [4.69, 9.17) is 27.9 Å². The van der Waals surface area contributed by atoms with Crippen LogP contribution in [0.3, 0.4) is 0 Å². The average molecular weight is 397 g/mol. The van der Waals surface area contributed by atoms with Crippen LogP contribution in [-0.2, 0) is 16.0 Å². The van der Waals surface area contributed by atoms with Crippen LogP contribution in [0.5, 0.6) is 5.75 Å². The molecule has 0 aromatic heterocycles. The lowest BCUT2D eigenvalue weighted by Gasteiger charge is -2.21. The number of fused-ring (bicyclic) bond motifs is 1. The molecule has 0 saturated carbocycles. The highest BCUT2D eigenvalue weighted by atomic mass is 35.5. The van der Waals surface area contributed by atoms with Crippen molar-refractivity contribution in [3.8, 4) is 5.75 Å². The molecule has 0 radical (unpaired) electrons. The molecule has 7 heteroatoms. The summed E-state index contributed by atoms with van der Waals surface area (Å²) in [6.45, 7) is 6.37. The van der Waals surface area contributed by atoms with Crippen molar-refractivity contribution >= 4 is 35.0 Å². The van der Waals surface area contributed by atoms with Crippen LogP contribution in [0.15, 0.2) is 24.8 Å². The van der Waals surface area contributed by atoms with Crippen LogP contribution in [-0.4, -0.2) is 54.9 Å². The number of ether oxygens (including phenoxy) is 1. The molecule has 0 bridgehead atoms. The zero-order valence-corrected chi connectivity index (χ0v) is 16.2. The van der Waals surface area contributed by atoms with Gasteiger partial charge in [-0.3, -0.25) is 9.59 Å². The Kier molecular flexibility index (Phi) is 5.78. The van der Waals surface area contributed by atoms with E-state index in [0.717, 1.165) is 5.56 Å². The van der Waals surface area contributed by atoms with Gasteiger partial charge in [-0.2, -0.15) is 0 Å². The number of carbonyl (C=O) groups excluding carboxylic acids is 2. The summed E-state index contributed by atoms with van der Waals surface area (Å²) in [7, 11) is 1.55. The third-order valence-corrected chi connectivity index (χ3v) is 5.90. The molecule has 1 aromatic rings. The van der Waals surface area contributed by atoms with Crippen molar-refractivity contribution in [2.75, 3.05) is 33.3 Å². The van der Waals surface area contributed by atoms with Gasteiger partial charge in [-0.25, -0.2) is 0 Å². The maximum Gasteiger partial charge on any atom is 0.245 e. The van der Waals surface area contributed by atoms with Crippen LogP contribution in [0, 0.1) is 11.8 Å². The van der Waals surface area contributed by atoms with Crippen LogP contribution in [0.25, 0.3) is 0 Å². The minimum absolute atomic E-state index is 0.0244. The molecule has 0 spiro atoms. The number of halogens is 2.